The average molecular weight is 300 g/mol. The van der Waals surface area contributed by atoms with Gasteiger partial charge in [-0.15, -0.1) is 11.6 Å². The molecule has 1 aromatic heterocycles. The normalized spacial score (nSPS) is 13.0. The van der Waals surface area contributed by atoms with Gasteiger partial charge in [0, 0.05) is 19.5 Å². The maximum Gasteiger partial charge on any atom is 0.259 e. The predicted octanol–water partition coefficient (Wildman–Crippen LogP) is 1.62. The van der Waals surface area contributed by atoms with E-state index in [1.54, 1.807) is 0 Å². The van der Waals surface area contributed by atoms with Crippen molar-refractivity contribution in [2.75, 3.05) is 12.4 Å². The quantitative estimate of drug-likeness (QED) is 0.840. The lowest BCUT2D eigenvalue weighted by molar-refractivity contribution is 0.413. The predicted molar refractivity (Wildman–Crippen MR) is 67.9 cm³/mol. The first-order valence-electron chi connectivity index (χ1n) is 4.93. The molecule has 1 N–H and O–H groups in total. The van der Waals surface area contributed by atoms with Crippen LogP contribution in [0.15, 0.2) is 11.2 Å². The van der Waals surface area contributed by atoms with Gasteiger partial charge in [0.1, 0.15) is 0 Å². The van der Waals surface area contributed by atoms with Crippen LogP contribution in [0.1, 0.15) is 13.8 Å². The Hall–Kier alpha value is -0.300. The second-order valence-electron chi connectivity index (χ2n) is 4.54. The molecular formula is C9H15Cl2N3O2S. The van der Waals surface area contributed by atoms with E-state index in [0.29, 0.717) is 5.88 Å². The number of nitrogens with zero attached hydrogens (tertiary/aromatic N) is 2. The van der Waals surface area contributed by atoms with E-state index in [1.807, 2.05) is 13.8 Å². The van der Waals surface area contributed by atoms with Gasteiger partial charge in [-0.05, 0) is 5.41 Å². The molecule has 0 bridgehead atoms. The van der Waals surface area contributed by atoms with Gasteiger partial charge in [-0.2, -0.15) is 5.10 Å². The lowest BCUT2D eigenvalue weighted by Crippen LogP contribution is -2.35. The highest BCUT2D eigenvalue weighted by Gasteiger charge is 2.25. The molecule has 5 nitrogen and oxygen atoms in total. The van der Waals surface area contributed by atoms with Crippen molar-refractivity contribution >= 4 is 33.2 Å². The second-order valence-corrected chi connectivity index (χ2v) is 6.90. The van der Waals surface area contributed by atoms with Crippen LogP contribution in [0.3, 0.4) is 0 Å². The summed E-state index contributed by atoms with van der Waals surface area (Å²) in [6, 6.07) is 0. The zero-order valence-electron chi connectivity index (χ0n) is 9.87. The van der Waals surface area contributed by atoms with Crippen molar-refractivity contribution in [1.82, 2.24) is 14.5 Å². The number of hydrogen-bond acceptors (Lipinski definition) is 3. The third-order valence-electron chi connectivity index (χ3n) is 2.20. The summed E-state index contributed by atoms with van der Waals surface area (Å²) in [6.45, 7) is 3.97. The summed E-state index contributed by atoms with van der Waals surface area (Å²) in [4.78, 5) is 0. The zero-order chi connectivity index (χ0) is 13.3. The third kappa shape index (κ3) is 3.58. The van der Waals surface area contributed by atoms with E-state index in [2.05, 4.69) is 9.82 Å². The number of halogens is 2. The summed E-state index contributed by atoms with van der Waals surface area (Å²) < 4.78 is 27.7. The standard InChI is InChI=1S/C9H15Cl2N3O2S/c1-9(2,5-10)6-13-17(15,16)8-7(11)4-12-14(8)3/h4,13H,5-6H2,1-3H3. The van der Waals surface area contributed by atoms with Crippen molar-refractivity contribution in [1.29, 1.82) is 0 Å². The van der Waals surface area contributed by atoms with Crippen LogP contribution in [-0.4, -0.2) is 30.6 Å². The second kappa shape index (κ2) is 5.14. The number of aryl methyl sites for hydroxylation is 1. The molecule has 8 heteroatoms. The average Bonchev–Trinajstić information content (AvgIpc) is 2.57. The number of nitrogens with one attached hydrogen (secondary N) is 1. The monoisotopic (exact) mass is 299 g/mol. The third-order valence-corrected chi connectivity index (χ3v) is 4.83. The van der Waals surface area contributed by atoms with Crippen LogP contribution in [0.25, 0.3) is 0 Å². The van der Waals surface area contributed by atoms with Gasteiger partial charge in [0.15, 0.2) is 5.03 Å². The Balaban J connectivity index is 2.91. The molecule has 0 spiro atoms. The van der Waals surface area contributed by atoms with E-state index < -0.39 is 10.0 Å². The van der Waals surface area contributed by atoms with Crippen LogP contribution in [0.2, 0.25) is 5.02 Å². The number of alkyl halides is 1. The summed E-state index contributed by atoms with van der Waals surface area (Å²) in [7, 11) is -2.14. The van der Waals surface area contributed by atoms with E-state index in [9.17, 15) is 8.42 Å². The van der Waals surface area contributed by atoms with E-state index in [1.165, 1.54) is 17.9 Å². The smallest absolute Gasteiger partial charge is 0.255 e. The fourth-order valence-electron chi connectivity index (χ4n) is 1.11. The maximum atomic E-state index is 12.0. The first kappa shape index (κ1) is 14.8. The molecule has 0 atom stereocenters. The summed E-state index contributed by atoms with van der Waals surface area (Å²) in [6.07, 6.45) is 1.29. The topological polar surface area (TPSA) is 64.0 Å². The Bertz CT molecular complexity index is 477. The molecule has 1 heterocycles. The Morgan fingerprint density at radius 2 is 2.12 bits per heavy atom. The first-order valence-corrected chi connectivity index (χ1v) is 7.32. The van der Waals surface area contributed by atoms with Gasteiger partial charge >= 0.3 is 0 Å². The van der Waals surface area contributed by atoms with Crippen LogP contribution in [0.4, 0.5) is 0 Å². The van der Waals surface area contributed by atoms with Gasteiger partial charge in [-0.25, -0.2) is 13.1 Å². The van der Waals surface area contributed by atoms with Crippen molar-refractivity contribution in [3.8, 4) is 0 Å². The van der Waals surface area contributed by atoms with Crippen LogP contribution >= 0.6 is 23.2 Å². The summed E-state index contributed by atoms with van der Waals surface area (Å²) in [5.74, 6) is 0.356. The first-order chi connectivity index (χ1) is 7.69. The Labute approximate surface area is 111 Å². The molecule has 1 rings (SSSR count). The molecule has 0 saturated carbocycles. The number of aromatic nitrogens is 2. The molecule has 0 fully saturated rings. The van der Waals surface area contributed by atoms with Crippen molar-refractivity contribution in [2.24, 2.45) is 12.5 Å². The molecular weight excluding hydrogens is 285 g/mol. The number of hydrogen-bond donors (Lipinski definition) is 1. The molecule has 0 amide bonds. The lowest BCUT2D eigenvalue weighted by Gasteiger charge is -2.21. The Morgan fingerprint density at radius 1 is 1.53 bits per heavy atom. The highest BCUT2D eigenvalue weighted by atomic mass is 35.5. The highest BCUT2D eigenvalue weighted by Crippen LogP contribution is 2.21. The van der Waals surface area contributed by atoms with Crippen molar-refractivity contribution in [2.45, 2.75) is 18.9 Å². The minimum atomic E-state index is -3.66. The van der Waals surface area contributed by atoms with Crippen LogP contribution in [-0.2, 0) is 17.1 Å². The Kier molecular flexibility index (Phi) is 4.46. The molecule has 0 aliphatic heterocycles. The fourth-order valence-corrected chi connectivity index (χ4v) is 3.09. The molecule has 0 aliphatic carbocycles. The molecule has 0 saturated heterocycles. The van der Waals surface area contributed by atoms with Crippen molar-refractivity contribution in [3.63, 3.8) is 0 Å². The molecule has 0 radical (unpaired) electrons. The van der Waals surface area contributed by atoms with Crippen molar-refractivity contribution < 1.29 is 8.42 Å². The van der Waals surface area contributed by atoms with Gasteiger partial charge in [-0.1, -0.05) is 25.4 Å². The minimum absolute atomic E-state index is 0.0375. The van der Waals surface area contributed by atoms with Gasteiger partial charge in [0.25, 0.3) is 10.0 Å². The molecule has 98 valence electrons. The minimum Gasteiger partial charge on any atom is -0.255 e. The highest BCUT2D eigenvalue weighted by molar-refractivity contribution is 7.89. The van der Waals surface area contributed by atoms with Crippen LogP contribution in [0.5, 0.6) is 0 Å². The fraction of sp³-hybridized carbons (Fsp3) is 0.667. The molecule has 1 aromatic rings. The van der Waals surface area contributed by atoms with Gasteiger partial charge in [0.05, 0.1) is 11.2 Å². The van der Waals surface area contributed by atoms with Gasteiger partial charge in [0.2, 0.25) is 0 Å². The van der Waals surface area contributed by atoms with Gasteiger partial charge < -0.3 is 0 Å². The van der Waals surface area contributed by atoms with E-state index in [-0.39, 0.29) is 22.0 Å². The van der Waals surface area contributed by atoms with Gasteiger partial charge in [-0.3, -0.25) is 4.68 Å². The molecule has 17 heavy (non-hydrogen) atoms. The largest absolute Gasteiger partial charge is 0.259 e. The SMILES string of the molecule is Cn1ncc(Cl)c1S(=O)(=O)NCC(C)(C)CCl. The van der Waals surface area contributed by atoms with E-state index in [0.717, 1.165) is 0 Å². The summed E-state index contributed by atoms with van der Waals surface area (Å²) in [5, 5.41) is 3.85. The zero-order valence-corrected chi connectivity index (χ0v) is 12.2. The van der Waals surface area contributed by atoms with E-state index >= 15 is 0 Å². The number of rotatable bonds is 5. The molecule has 0 aromatic carbocycles. The number of sulfonamides is 1. The molecule has 0 unspecified atom stereocenters. The maximum absolute atomic E-state index is 12.0. The summed E-state index contributed by atoms with van der Waals surface area (Å²) in [5.41, 5.74) is -0.320. The van der Waals surface area contributed by atoms with Crippen LogP contribution < -0.4 is 4.72 Å². The summed E-state index contributed by atoms with van der Waals surface area (Å²) >= 11 is 11.5. The van der Waals surface area contributed by atoms with Crippen molar-refractivity contribution in [3.05, 3.63) is 11.2 Å². The molecule has 0 aliphatic rings. The Morgan fingerprint density at radius 3 is 2.53 bits per heavy atom. The van der Waals surface area contributed by atoms with Crippen LogP contribution in [0, 0.1) is 5.41 Å². The van der Waals surface area contributed by atoms with E-state index in [4.69, 9.17) is 23.2 Å². The lowest BCUT2D eigenvalue weighted by atomic mass is 9.97.